The van der Waals surface area contributed by atoms with Crippen molar-refractivity contribution in [3.05, 3.63) is 78.1 Å². The number of methoxy groups -OCH3 is 2. The molecule has 0 aliphatic heterocycles. The zero-order valence-corrected chi connectivity index (χ0v) is 19.2. The van der Waals surface area contributed by atoms with Gasteiger partial charge in [0.2, 0.25) is 0 Å². The summed E-state index contributed by atoms with van der Waals surface area (Å²) in [5.41, 5.74) is 4.79. The topological polar surface area (TPSA) is 74.1 Å². The first-order valence-electron chi connectivity index (χ1n) is 10.7. The van der Waals surface area contributed by atoms with Crippen LogP contribution in [0.15, 0.2) is 66.9 Å². The number of ether oxygens (including phenoxy) is 3. The lowest BCUT2D eigenvalue weighted by Gasteiger charge is -2.20. The lowest BCUT2D eigenvalue weighted by atomic mass is 10.0. The summed E-state index contributed by atoms with van der Waals surface area (Å²) in [5, 5.41) is 3.36. The second-order valence-electron chi connectivity index (χ2n) is 7.54. The van der Waals surface area contributed by atoms with E-state index in [1.807, 2.05) is 78.2 Å². The van der Waals surface area contributed by atoms with Crippen LogP contribution in [0.5, 0.6) is 11.5 Å². The smallest absolute Gasteiger partial charge is 0.334 e. The van der Waals surface area contributed by atoms with E-state index >= 15 is 0 Å². The summed E-state index contributed by atoms with van der Waals surface area (Å²) in [6, 6.07) is 18.4. The van der Waals surface area contributed by atoms with Gasteiger partial charge in [-0.15, -0.1) is 0 Å². The molecule has 2 aromatic heterocycles. The molecule has 0 fully saturated rings. The molecule has 0 saturated carbocycles. The molecule has 7 nitrogen and oxygen atoms in total. The average Bonchev–Trinajstić information content (AvgIpc) is 3.22. The predicted octanol–water partition coefficient (Wildman–Crippen LogP) is 5.04. The van der Waals surface area contributed by atoms with Crippen LogP contribution in [0.1, 0.15) is 24.2 Å². The molecule has 0 bridgehead atoms. The average molecular weight is 446 g/mol. The fourth-order valence-electron chi connectivity index (χ4n) is 3.77. The van der Waals surface area contributed by atoms with Gasteiger partial charge in [0.15, 0.2) is 17.5 Å². The minimum atomic E-state index is -0.784. The van der Waals surface area contributed by atoms with Crippen LogP contribution in [0.4, 0.5) is 5.69 Å². The molecule has 2 heterocycles. The molecular weight excluding hydrogens is 418 g/mol. The van der Waals surface area contributed by atoms with Gasteiger partial charge in [-0.05, 0) is 56.3 Å². The Labute approximate surface area is 192 Å². The SMILES string of the molecule is CCOC(=O)C(Nc1ccc(C)cc1)c1c(-c2ccc(OC)c(OC)c2)nc2ccccn12. The highest BCUT2D eigenvalue weighted by atomic mass is 16.5. The van der Waals surface area contributed by atoms with Crippen LogP contribution in [0, 0.1) is 6.92 Å². The number of fused-ring (bicyclic) bond motifs is 1. The van der Waals surface area contributed by atoms with Gasteiger partial charge in [0.05, 0.1) is 32.2 Å². The molecular formula is C26H27N3O4. The highest BCUT2D eigenvalue weighted by molar-refractivity contribution is 5.85. The number of carbonyl (C=O) groups is 1. The molecule has 0 aliphatic rings. The normalized spacial score (nSPS) is 11.8. The largest absolute Gasteiger partial charge is 0.493 e. The van der Waals surface area contributed by atoms with E-state index in [2.05, 4.69) is 5.32 Å². The van der Waals surface area contributed by atoms with Gasteiger partial charge in [0, 0.05) is 17.4 Å². The maximum Gasteiger partial charge on any atom is 0.334 e. The Hall–Kier alpha value is -4.00. The summed E-state index contributed by atoms with van der Waals surface area (Å²) >= 11 is 0. The van der Waals surface area contributed by atoms with Crippen molar-refractivity contribution >= 4 is 17.3 Å². The Bertz CT molecular complexity index is 1260. The zero-order valence-electron chi connectivity index (χ0n) is 19.2. The van der Waals surface area contributed by atoms with Crippen LogP contribution in [-0.2, 0) is 9.53 Å². The molecule has 0 saturated heterocycles. The zero-order chi connectivity index (χ0) is 23.4. The number of nitrogens with zero attached hydrogens (tertiary/aromatic N) is 2. The third kappa shape index (κ3) is 4.48. The molecule has 33 heavy (non-hydrogen) atoms. The van der Waals surface area contributed by atoms with Crippen molar-refractivity contribution in [2.24, 2.45) is 0 Å². The van der Waals surface area contributed by atoms with Crippen LogP contribution in [0.3, 0.4) is 0 Å². The van der Waals surface area contributed by atoms with E-state index in [0.717, 1.165) is 22.5 Å². The van der Waals surface area contributed by atoms with Gasteiger partial charge in [0.1, 0.15) is 5.65 Å². The van der Waals surface area contributed by atoms with Crippen molar-refractivity contribution in [2.45, 2.75) is 19.9 Å². The van der Waals surface area contributed by atoms with Crippen molar-refractivity contribution in [1.82, 2.24) is 9.38 Å². The first kappa shape index (κ1) is 22.2. The summed E-state index contributed by atoms with van der Waals surface area (Å²) < 4.78 is 18.3. The van der Waals surface area contributed by atoms with Crippen LogP contribution in [0.25, 0.3) is 16.9 Å². The number of nitrogens with one attached hydrogen (secondary N) is 1. The maximum atomic E-state index is 13.2. The highest BCUT2D eigenvalue weighted by Gasteiger charge is 2.30. The Morgan fingerprint density at radius 3 is 2.48 bits per heavy atom. The number of rotatable bonds is 8. The van der Waals surface area contributed by atoms with Gasteiger partial charge in [-0.25, -0.2) is 9.78 Å². The second kappa shape index (κ2) is 9.65. The van der Waals surface area contributed by atoms with Crippen molar-refractivity contribution in [3.8, 4) is 22.8 Å². The molecule has 0 radical (unpaired) electrons. The van der Waals surface area contributed by atoms with Gasteiger partial charge in [0.25, 0.3) is 0 Å². The quantitative estimate of drug-likeness (QED) is 0.383. The Balaban J connectivity index is 1.90. The van der Waals surface area contributed by atoms with Crippen LogP contribution in [-0.4, -0.2) is 36.2 Å². The van der Waals surface area contributed by atoms with Crippen molar-refractivity contribution in [2.75, 3.05) is 26.1 Å². The minimum Gasteiger partial charge on any atom is -0.493 e. The standard InChI is InChI=1S/C26H27N3O4/c1-5-33-26(30)24(27-19-12-9-17(2)10-13-19)25-23(28-22-8-6-7-15-29(22)25)18-11-14-20(31-3)21(16-18)32-4/h6-16,24,27H,5H2,1-4H3. The summed E-state index contributed by atoms with van der Waals surface area (Å²) in [6.45, 7) is 4.09. The van der Waals surface area contributed by atoms with E-state index in [1.165, 1.54) is 0 Å². The number of hydrogen-bond donors (Lipinski definition) is 1. The molecule has 7 heteroatoms. The lowest BCUT2D eigenvalue weighted by Crippen LogP contribution is -2.25. The van der Waals surface area contributed by atoms with E-state index in [9.17, 15) is 4.79 Å². The predicted molar refractivity (Wildman–Crippen MR) is 128 cm³/mol. The third-order valence-corrected chi connectivity index (χ3v) is 5.38. The Kier molecular flexibility index (Phi) is 6.49. The molecule has 1 N–H and O–H groups in total. The van der Waals surface area contributed by atoms with Crippen molar-refractivity contribution in [3.63, 3.8) is 0 Å². The Morgan fingerprint density at radius 2 is 1.79 bits per heavy atom. The number of aromatic nitrogens is 2. The van der Waals surface area contributed by atoms with E-state index < -0.39 is 6.04 Å². The molecule has 1 atom stereocenters. The van der Waals surface area contributed by atoms with E-state index in [0.29, 0.717) is 22.9 Å². The minimum absolute atomic E-state index is 0.271. The van der Waals surface area contributed by atoms with E-state index in [1.54, 1.807) is 21.1 Å². The molecule has 4 aromatic rings. The maximum absolute atomic E-state index is 13.2. The number of carbonyl (C=O) groups excluding carboxylic acids is 1. The Morgan fingerprint density at radius 1 is 1.03 bits per heavy atom. The number of pyridine rings is 1. The number of anilines is 1. The second-order valence-corrected chi connectivity index (χ2v) is 7.54. The molecule has 1 unspecified atom stereocenters. The highest BCUT2D eigenvalue weighted by Crippen LogP contribution is 2.36. The van der Waals surface area contributed by atoms with Crippen LogP contribution >= 0.6 is 0 Å². The van der Waals surface area contributed by atoms with Crippen molar-refractivity contribution < 1.29 is 19.0 Å². The van der Waals surface area contributed by atoms with Gasteiger partial charge < -0.3 is 23.9 Å². The first-order chi connectivity index (χ1) is 16.0. The molecule has 0 spiro atoms. The lowest BCUT2D eigenvalue weighted by molar-refractivity contribution is -0.144. The first-order valence-corrected chi connectivity index (χ1v) is 10.7. The molecule has 4 rings (SSSR count). The van der Waals surface area contributed by atoms with E-state index in [-0.39, 0.29) is 12.6 Å². The van der Waals surface area contributed by atoms with E-state index in [4.69, 9.17) is 19.2 Å². The number of aryl methyl sites for hydroxylation is 1. The monoisotopic (exact) mass is 445 g/mol. The van der Waals surface area contributed by atoms with Gasteiger partial charge >= 0.3 is 5.97 Å². The summed E-state index contributed by atoms with van der Waals surface area (Å²) in [7, 11) is 3.18. The molecule has 2 aromatic carbocycles. The fourth-order valence-corrected chi connectivity index (χ4v) is 3.77. The number of hydrogen-bond acceptors (Lipinski definition) is 6. The van der Waals surface area contributed by atoms with Gasteiger partial charge in [-0.1, -0.05) is 23.8 Å². The fraction of sp³-hybridized carbons (Fsp3) is 0.231. The third-order valence-electron chi connectivity index (χ3n) is 5.38. The molecule has 170 valence electrons. The summed E-state index contributed by atoms with van der Waals surface area (Å²) in [4.78, 5) is 18.0. The number of benzene rings is 2. The van der Waals surface area contributed by atoms with Gasteiger partial charge in [-0.3, -0.25) is 0 Å². The number of esters is 1. The summed E-state index contributed by atoms with van der Waals surface area (Å²) in [6.07, 6.45) is 1.89. The van der Waals surface area contributed by atoms with Crippen molar-refractivity contribution in [1.29, 1.82) is 0 Å². The number of imidazole rings is 1. The molecule has 0 amide bonds. The molecule has 0 aliphatic carbocycles. The summed E-state index contributed by atoms with van der Waals surface area (Å²) in [5.74, 6) is 0.814. The van der Waals surface area contributed by atoms with Crippen LogP contribution in [0.2, 0.25) is 0 Å². The van der Waals surface area contributed by atoms with Gasteiger partial charge in [-0.2, -0.15) is 0 Å². The van der Waals surface area contributed by atoms with Crippen LogP contribution < -0.4 is 14.8 Å².